The lowest BCUT2D eigenvalue weighted by Crippen LogP contribution is -2.38. The van der Waals surface area contributed by atoms with Gasteiger partial charge < -0.3 is 4.90 Å². The average molecular weight is 139 g/mol. The SMILES string of the molecule is CN(CC1CC1)C1CCC1. The van der Waals surface area contributed by atoms with E-state index in [1.807, 2.05) is 0 Å². The second-order valence-electron chi connectivity index (χ2n) is 3.97. The Hall–Kier alpha value is -0.0400. The van der Waals surface area contributed by atoms with Crippen LogP contribution in [0.4, 0.5) is 0 Å². The summed E-state index contributed by atoms with van der Waals surface area (Å²) in [5, 5.41) is 0. The molecule has 58 valence electrons. The molecule has 0 spiro atoms. The molecular formula is C9H17N. The number of nitrogens with zero attached hydrogens (tertiary/aromatic N) is 1. The summed E-state index contributed by atoms with van der Waals surface area (Å²) in [6.07, 6.45) is 7.39. The van der Waals surface area contributed by atoms with Gasteiger partial charge in [0.05, 0.1) is 0 Å². The molecule has 0 aromatic rings. The van der Waals surface area contributed by atoms with Crippen LogP contribution in [0.2, 0.25) is 0 Å². The molecule has 0 amide bonds. The molecule has 2 fully saturated rings. The summed E-state index contributed by atoms with van der Waals surface area (Å²) in [7, 11) is 2.29. The van der Waals surface area contributed by atoms with Crippen molar-refractivity contribution < 1.29 is 0 Å². The van der Waals surface area contributed by atoms with Gasteiger partial charge in [-0.3, -0.25) is 0 Å². The van der Waals surface area contributed by atoms with Crippen LogP contribution in [0, 0.1) is 5.92 Å². The minimum atomic E-state index is 0.959. The highest BCUT2D eigenvalue weighted by Gasteiger charge is 2.28. The topological polar surface area (TPSA) is 3.24 Å². The Bertz CT molecular complexity index is 114. The second kappa shape index (κ2) is 2.54. The van der Waals surface area contributed by atoms with E-state index in [2.05, 4.69) is 11.9 Å². The van der Waals surface area contributed by atoms with Crippen molar-refractivity contribution in [3.05, 3.63) is 0 Å². The standard InChI is InChI=1S/C9H17N/c1-10(7-8-5-6-8)9-3-2-4-9/h8-9H,2-7H2,1H3. The highest BCUT2D eigenvalue weighted by Crippen LogP contribution is 2.32. The first kappa shape index (κ1) is 6.66. The van der Waals surface area contributed by atoms with Gasteiger partial charge in [-0.2, -0.15) is 0 Å². The van der Waals surface area contributed by atoms with E-state index in [-0.39, 0.29) is 0 Å². The summed E-state index contributed by atoms with van der Waals surface area (Å²) in [4.78, 5) is 2.57. The molecule has 0 heterocycles. The van der Waals surface area contributed by atoms with Crippen LogP contribution in [0.25, 0.3) is 0 Å². The van der Waals surface area contributed by atoms with Crippen LogP contribution in [0.5, 0.6) is 0 Å². The van der Waals surface area contributed by atoms with E-state index in [1.54, 1.807) is 0 Å². The van der Waals surface area contributed by atoms with Gasteiger partial charge in [-0.25, -0.2) is 0 Å². The Morgan fingerprint density at radius 2 is 1.90 bits per heavy atom. The monoisotopic (exact) mass is 139 g/mol. The van der Waals surface area contributed by atoms with Gasteiger partial charge in [-0.15, -0.1) is 0 Å². The maximum absolute atomic E-state index is 2.57. The summed E-state index contributed by atoms with van der Waals surface area (Å²) < 4.78 is 0. The van der Waals surface area contributed by atoms with Crippen LogP contribution in [0.15, 0.2) is 0 Å². The fourth-order valence-electron chi connectivity index (χ4n) is 1.68. The van der Waals surface area contributed by atoms with Crippen molar-refractivity contribution in [1.82, 2.24) is 4.90 Å². The molecule has 0 unspecified atom stereocenters. The summed E-state index contributed by atoms with van der Waals surface area (Å²) in [6, 6.07) is 0.959. The third-order valence-electron chi connectivity index (χ3n) is 2.94. The summed E-state index contributed by atoms with van der Waals surface area (Å²) >= 11 is 0. The number of hydrogen-bond donors (Lipinski definition) is 0. The van der Waals surface area contributed by atoms with Crippen molar-refractivity contribution in [2.75, 3.05) is 13.6 Å². The first-order valence-electron chi connectivity index (χ1n) is 4.56. The lowest BCUT2D eigenvalue weighted by Gasteiger charge is -2.34. The minimum Gasteiger partial charge on any atom is -0.303 e. The molecule has 0 aromatic heterocycles. The van der Waals surface area contributed by atoms with Gasteiger partial charge >= 0.3 is 0 Å². The summed E-state index contributed by atoms with van der Waals surface area (Å²) in [5.41, 5.74) is 0. The van der Waals surface area contributed by atoms with Crippen molar-refractivity contribution in [2.45, 2.75) is 38.1 Å². The third-order valence-corrected chi connectivity index (χ3v) is 2.94. The quantitative estimate of drug-likeness (QED) is 0.577. The third kappa shape index (κ3) is 1.34. The van der Waals surface area contributed by atoms with Crippen molar-refractivity contribution in [3.8, 4) is 0 Å². The minimum absolute atomic E-state index is 0.959. The van der Waals surface area contributed by atoms with E-state index in [4.69, 9.17) is 0 Å². The zero-order valence-corrected chi connectivity index (χ0v) is 6.84. The van der Waals surface area contributed by atoms with Crippen molar-refractivity contribution in [3.63, 3.8) is 0 Å². The van der Waals surface area contributed by atoms with E-state index < -0.39 is 0 Å². The van der Waals surface area contributed by atoms with E-state index in [0.717, 1.165) is 12.0 Å². The summed E-state index contributed by atoms with van der Waals surface area (Å²) in [6.45, 7) is 1.38. The van der Waals surface area contributed by atoms with Crippen LogP contribution in [0.1, 0.15) is 32.1 Å². The summed E-state index contributed by atoms with van der Waals surface area (Å²) in [5.74, 6) is 1.07. The molecule has 1 nitrogen and oxygen atoms in total. The first-order chi connectivity index (χ1) is 4.86. The van der Waals surface area contributed by atoms with Gasteiger partial charge in [-0.05, 0) is 38.6 Å². The molecule has 1 heteroatoms. The molecule has 0 N–H and O–H groups in total. The lowest BCUT2D eigenvalue weighted by atomic mass is 9.92. The Balaban J connectivity index is 1.69. The highest BCUT2D eigenvalue weighted by atomic mass is 15.1. The highest BCUT2D eigenvalue weighted by molar-refractivity contribution is 4.83. The van der Waals surface area contributed by atoms with Gasteiger partial charge in [-0.1, -0.05) is 6.42 Å². The lowest BCUT2D eigenvalue weighted by molar-refractivity contribution is 0.154. The van der Waals surface area contributed by atoms with Crippen LogP contribution < -0.4 is 0 Å². The molecule has 0 atom stereocenters. The van der Waals surface area contributed by atoms with Gasteiger partial charge in [0, 0.05) is 12.6 Å². The van der Waals surface area contributed by atoms with Crippen molar-refractivity contribution in [1.29, 1.82) is 0 Å². The van der Waals surface area contributed by atoms with Crippen molar-refractivity contribution in [2.24, 2.45) is 5.92 Å². The normalized spacial score (nSPS) is 27.0. The van der Waals surface area contributed by atoms with Crippen LogP contribution in [-0.2, 0) is 0 Å². The largest absolute Gasteiger partial charge is 0.303 e. The fraction of sp³-hybridized carbons (Fsp3) is 1.00. The molecule has 10 heavy (non-hydrogen) atoms. The molecule has 2 aliphatic carbocycles. The van der Waals surface area contributed by atoms with Gasteiger partial charge in [0.15, 0.2) is 0 Å². The van der Waals surface area contributed by atoms with Crippen LogP contribution in [-0.4, -0.2) is 24.5 Å². The molecule has 0 aromatic carbocycles. The predicted octanol–water partition coefficient (Wildman–Crippen LogP) is 1.88. The Labute approximate surface area is 63.4 Å². The molecule has 2 rings (SSSR count). The molecule has 0 radical (unpaired) electrons. The fourth-order valence-corrected chi connectivity index (χ4v) is 1.68. The Kier molecular flexibility index (Phi) is 1.69. The van der Waals surface area contributed by atoms with E-state index in [9.17, 15) is 0 Å². The Morgan fingerprint density at radius 3 is 2.30 bits per heavy atom. The maximum atomic E-state index is 2.57. The van der Waals surface area contributed by atoms with E-state index >= 15 is 0 Å². The van der Waals surface area contributed by atoms with Gasteiger partial charge in [0.25, 0.3) is 0 Å². The number of rotatable bonds is 3. The average Bonchev–Trinajstić information content (AvgIpc) is 2.43. The van der Waals surface area contributed by atoms with Gasteiger partial charge in [0.1, 0.15) is 0 Å². The van der Waals surface area contributed by atoms with Gasteiger partial charge in [0.2, 0.25) is 0 Å². The molecule has 0 saturated heterocycles. The first-order valence-corrected chi connectivity index (χ1v) is 4.56. The van der Waals surface area contributed by atoms with Crippen molar-refractivity contribution >= 4 is 0 Å². The van der Waals surface area contributed by atoms with Crippen LogP contribution >= 0.6 is 0 Å². The molecule has 0 bridgehead atoms. The molecule has 2 aliphatic rings. The van der Waals surface area contributed by atoms with Crippen LogP contribution in [0.3, 0.4) is 0 Å². The molecular weight excluding hydrogens is 122 g/mol. The smallest absolute Gasteiger partial charge is 0.00923 e. The van der Waals surface area contributed by atoms with E-state index in [0.29, 0.717) is 0 Å². The molecule has 2 saturated carbocycles. The zero-order valence-electron chi connectivity index (χ0n) is 6.84. The zero-order chi connectivity index (χ0) is 6.97. The maximum Gasteiger partial charge on any atom is 0.00923 e. The molecule has 0 aliphatic heterocycles. The van der Waals surface area contributed by atoms with E-state index in [1.165, 1.54) is 38.6 Å². The predicted molar refractivity (Wildman–Crippen MR) is 43.0 cm³/mol. The number of hydrogen-bond acceptors (Lipinski definition) is 1. The second-order valence-corrected chi connectivity index (χ2v) is 3.97. The Morgan fingerprint density at radius 1 is 1.20 bits per heavy atom.